The Morgan fingerprint density at radius 3 is 2.29 bits per heavy atom. The molecule has 1 aromatic heterocycles. The van der Waals surface area contributed by atoms with Crippen molar-refractivity contribution >= 4 is 11.4 Å². The topological polar surface area (TPSA) is 93.6 Å². The first-order valence-electron chi connectivity index (χ1n) is 6.31. The van der Waals surface area contributed by atoms with Gasteiger partial charge in [-0.25, -0.2) is 0 Å². The predicted molar refractivity (Wildman–Crippen MR) is 79.1 cm³/mol. The van der Waals surface area contributed by atoms with Crippen LogP contribution in [0.2, 0.25) is 0 Å². The van der Waals surface area contributed by atoms with Crippen LogP contribution >= 0.6 is 0 Å². The van der Waals surface area contributed by atoms with Gasteiger partial charge in [0.15, 0.2) is 5.69 Å². The van der Waals surface area contributed by atoms with Gasteiger partial charge in [0.25, 0.3) is 5.56 Å². The van der Waals surface area contributed by atoms with Crippen molar-refractivity contribution in [2.24, 2.45) is 10.2 Å². The van der Waals surface area contributed by atoms with Crippen molar-refractivity contribution in [1.29, 1.82) is 0 Å². The van der Waals surface area contributed by atoms with E-state index in [1.165, 1.54) is 0 Å². The van der Waals surface area contributed by atoms with Crippen molar-refractivity contribution in [3.8, 4) is 17.0 Å². The van der Waals surface area contributed by atoms with Crippen molar-refractivity contribution in [2.75, 3.05) is 0 Å². The minimum atomic E-state index is -0.349. The molecule has 0 saturated heterocycles. The lowest BCUT2D eigenvalue weighted by atomic mass is 10.1. The number of aromatic amines is 2. The number of hydrogen-bond donors (Lipinski definition) is 3. The van der Waals surface area contributed by atoms with Gasteiger partial charge in [-0.3, -0.25) is 15.0 Å². The molecule has 6 heteroatoms. The zero-order valence-corrected chi connectivity index (χ0v) is 10.9. The molecule has 6 nitrogen and oxygen atoms in total. The van der Waals surface area contributed by atoms with Crippen LogP contribution in [-0.4, -0.2) is 15.3 Å². The first-order chi connectivity index (χ1) is 10.2. The molecule has 104 valence electrons. The molecular weight excluding hydrogens is 268 g/mol. The smallest absolute Gasteiger partial charge is 0.292 e. The lowest BCUT2D eigenvalue weighted by Gasteiger charge is -1.99. The summed E-state index contributed by atoms with van der Waals surface area (Å²) in [5, 5.41) is 22.6. The normalized spacial score (nSPS) is 11.0. The molecular formula is C15H12N4O2. The Morgan fingerprint density at radius 2 is 1.57 bits per heavy atom. The molecule has 0 bridgehead atoms. The van der Waals surface area contributed by atoms with Gasteiger partial charge < -0.3 is 5.11 Å². The van der Waals surface area contributed by atoms with Crippen LogP contribution in [0.1, 0.15) is 0 Å². The summed E-state index contributed by atoms with van der Waals surface area (Å²) >= 11 is 0. The van der Waals surface area contributed by atoms with Gasteiger partial charge in [0.2, 0.25) is 0 Å². The molecule has 0 amide bonds. The molecule has 1 heterocycles. The third kappa shape index (κ3) is 2.74. The van der Waals surface area contributed by atoms with E-state index in [0.717, 1.165) is 5.56 Å². The van der Waals surface area contributed by atoms with Crippen LogP contribution in [0.4, 0.5) is 11.4 Å². The van der Waals surface area contributed by atoms with Crippen LogP contribution in [0.15, 0.2) is 69.6 Å². The Hall–Kier alpha value is -3.15. The third-order valence-corrected chi connectivity index (χ3v) is 2.93. The van der Waals surface area contributed by atoms with E-state index >= 15 is 0 Å². The fourth-order valence-corrected chi connectivity index (χ4v) is 1.89. The summed E-state index contributed by atoms with van der Waals surface area (Å²) in [5.41, 5.74) is 1.77. The van der Waals surface area contributed by atoms with E-state index in [-0.39, 0.29) is 17.0 Å². The van der Waals surface area contributed by atoms with Crippen LogP contribution < -0.4 is 5.56 Å². The Balaban J connectivity index is 2.00. The zero-order valence-electron chi connectivity index (χ0n) is 10.9. The number of phenols is 1. The highest BCUT2D eigenvalue weighted by Gasteiger charge is 2.11. The van der Waals surface area contributed by atoms with Crippen molar-refractivity contribution < 1.29 is 5.11 Å². The summed E-state index contributed by atoms with van der Waals surface area (Å²) in [6.45, 7) is 0. The van der Waals surface area contributed by atoms with Gasteiger partial charge in [-0.05, 0) is 36.4 Å². The summed E-state index contributed by atoms with van der Waals surface area (Å²) in [5.74, 6) is 0.157. The minimum Gasteiger partial charge on any atom is -0.508 e. The molecule has 0 fully saturated rings. The number of H-pyrrole nitrogens is 2. The average Bonchev–Trinajstić information content (AvgIpc) is 2.88. The van der Waals surface area contributed by atoms with E-state index in [9.17, 15) is 9.90 Å². The number of hydrogen-bond acceptors (Lipinski definition) is 4. The summed E-state index contributed by atoms with van der Waals surface area (Å²) in [6.07, 6.45) is 0. The number of benzene rings is 2. The molecule has 0 aliphatic heterocycles. The number of aromatic nitrogens is 2. The van der Waals surface area contributed by atoms with Gasteiger partial charge in [-0.15, -0.1) is 5.11 Å². The first-order valence-corrected chi connectivity index (χ1v) is 6.31. The highest BCUT2D eigenvalue weighted by Crippen LogP contribution is 2.27. The van der Waals surface area contributed by atoms with E-state index in [1.807, 2.05) is 18.2 Å². The second-order valence-corrected chi connectivity index (χ2v) is 4.39. The number of aromatic hydroxyl groups is 1. The van der Waals surface area contributed by atoms with E-state index in [2.05, 4.69) is 20.4 Å². The molecule has 21 heavy (non-hydrogen) atoms. The zero-order chi connectivity index (χ0) is 14.7. The number of rotatable bonds is 3. The molecule has 3 N–H and O–H groups in total. The van der Waals surface area contributed by atoms with Crippen LogP contribution in [0.25, 0.3) is 11.3 Å². The van der Waals surface area contributed by atoms with Crippen molar-refractivity contribution in [3.05, 3.63) is 65.0 Å². The molecule has 0 saturated carbocycles. The Kier molecular flexibility index (Phi) is 3.34. The fourth-order valence-electron chi connectivity index (χ4n) is 1.89. The van der Waals surface area contributed by atoms with Crippen LogP contribution in [0, 0.1) is 0 Å². The van der Waals surface area contributed by atoms with Gasteiger partial charge >= 0.3 is 0 Å². The number of nitrogens with zero attached hydrogens (tertiary/aromatic N) is 2. The molecule has 0 radical (unpaired) electrons. The lowest BCUT2D eigenvalue weighted by molar-refractivity contribution is 0.475. The van der Waals surface area contributed by atoms with Crippen molar-refractivity contribution in [3.63, 3.8) is 0 Å². The molecule has 0 atom stereocenters. The molecule has 0 aliphatic carbocycles. The third-order valence-electron chi connectivity index (χ3n) is 2.93. The van der Waals surface area contributed by atoms with E-state index in [0.29, 0.717) is 11.4 Å². The maximum absolute atomic E-state index is 11.8. The molecule has 0 spiro atoms. The largest absolute Gasteiger partial charge is 0.508 e. The number of nitrogens with one attached hydrogen (secondary N) is 2. The quantitative estimate of drug-likeness (QED) is 0.640. The van der Waals surface area contributed by atoms with Gasteiger partial charge in [-0.2, -0.15) is 5.11 Å². The molecule has 0 unspecified atom stereocenters. The Morgan fingerprint density at radius 1 is 0.857 bits per heavy atom. The second kappa shape index (κ2) is 5.46. The van der Waals surface area contributed by atoms with E-state index in [1.54, 1.807) is 36.4 Å². The van der Waals surface area contributed by atoms with Gasteiger partial charge in [0.1, 0.15) is 5.75 Å². The monoisotopic (exact) mass is 280 g/mol. The summed E-state index contributed by atoms with van der Waals surface area (Å²) in [4.78, 5) is 11.8. The highest BCUT2D eigenvalue weighted by molar-refractivity contribution is 5.71. The first kappa shape index (κ1) is 12.9. The minimum absolute atomic E-state index is 0.157. The molecule has 3 aromatic rings. The van der Waals surface area contributed by atoms with Crippen LogP contribution in [0.3, 0.4) is 0 Å². The fraction of sp³-hybridized carbons (Fsp3) is 0. The molecule has 0 aliphatic rings. The lowest BCUT2D eigenvalue weighted by Crippen LogP contribution is -1.96. The summed E-state index contributed by atoms with van der Waals surface area (Å²) in [7, 11) is 0. The van der Waals surface area contributed by atoms with E-state index in [4.69, 9.17) is 0 Å². The average molecular weight is 280 g/mol. The van der Waals surface area contributed by atoms with Crippen LogP contribution in [-0.2, 0) is 0 Å². The summed E-state index contributed by atoms with van der Waals surface area (Å²) < 4.78 is 0. The number of azo groups is 1. The Bertz CT molecular complexity index is 817. The predicted octanol–water partition coefficient (Wildman–Crippen LogP) is 3.49. The molecule has 3 rings (SSSR count). The second-order valence-electron chi connectivity index (χ2n) is 4.39. The standard InChI is InChI=1S/C15H12N4O2/c20-12-8-6-10(7-9-12)13-14(15(21)19-17-13)18-16-11-4-2-1-3-5-11/h1-9,20H,(H2,17,19,21). The van der Waals surface area contributed by atoms with Gasteiger partial charge in [0, 0.05) is 5.56 Å². The maximum Gasteiger partial charge on any atom is 0.292 e. The highest BCUT2D eigenvalue weighted by atomic mass is 16.3. The van der Waals surface area contributed by atoms with Crippen molar-refractivity contribution in [2.45, 2.75) is 0 Å². The van der Waals surface area contributed by atoms with Crippen molar-refractivity contribution in [1.82, 2.24) is 10.2 Å². The van der Waals surface area contributed by atoms with Gasteiger partial charge in [-0.1, -0.05) is 18.2 Å². The summed E-state index contributed by atoms with van der Waals surface area (Å²) in [6, 6.07) is 15.6. The van der Waals surface area contributed by atoms with Crippen LogP contribution in [0.5, 0.6) is 5.75 Å². The number of phenolic OH excluding ortho intramolecular Hbond substituents is 1. The molecule has 2 aromatic carbocycles. The Labute approximate surface area is 119 Å². The van der Waals surface area contributed by atoms with Gasteiger partial charge in [0.05, 0.1) is 11.4 Å². The SMILES string of the molecule is O=c1[nH][nH]c(-c2ccc(O)cc2)c1N=Nc1ccccc1. The maximum atomic E-state index is 11.8. The van der Waals surface area contributed by atoms with E-state index < -0.39 is 0 Å².